The Kier molecular flexibility index (Phi) is 21.7. The van der Waals surface area contributed by atoms with E-state index >= 15 is 0 Å². The molecule has 0 radical (unpaired) electrons. The van der Waals surface area contributed by atoms with Gasteiger partial charge in [-0.25, -0.2) is 14.4 Å². The molecule has 1 unspecified atom stereocenters. The smallest absolute Gasteiger partial charge is 0.526 e. The number of hydrogen-bond donors (Lipinski definition) is 4. The van der Waals surface area contributed by atoms with Crippen molar-refractivity contribution >= 4 is 94.6 Å². The average molecular weight is 1320 g/mol. The minimum Gasteiger partial charge on any atom is -0.535 e. The lowest BCUT2D eigenvalue weighted by molar-refractivity contribution is -0.199. The molecule has 486 valence electrons. The first-order valence-electron chi connectivity index (χ1n) is 30.8. The number of Topliss-reactive ketones (excluding diaryl/α,β-unsaturated/α-hetero) is 2. The van der Waals surface area contributed by atoms with Crippen molar-refractivity contribution in [1.82, 2.24) is 10.2 Å². The molecule has 3 aliphatic carbocycles. The highest BCUT2D eigenvalue weighted by Crippen LogP contribution is 2.66. The van der Waals surface area contributed by atoms with Gasteiger partial charge in [0.15, 0.2) is 23.0 Å². The summed E-state index contributed by atoms with van der Waals surface area (Å²) in [5, 5.41) is 40.0. The number of benzene rings is 5. The molecule has 1 saturated heterocycles. The molecule has 0 aromatic heterocycles. The minimum atomic E-state index is -1.34. The molecular formula is C67H78B3Cl3N4O15. The molecule has 2 bridgehead atoms. The van der Waals surface area contributed by atoms with E-state index in [1.54, 1.807) is 35.2 Å². The average Bonchev–Trinajstić information content (AvgIpc) is 1.29. The molecule has 4 heterocycles. The van der Waals surface area contributed by atoms with Gasteiger partial charge in [-0.3, -0.25) is 14.5 Å². The topological polar surface area (TPSA) is 251 Å². The number of carboxylic acid groups (broad SMARTS) is 1. The van der Waals surface area contributed by atoms with Crippen molar-refractivity contribution < 1.29 is 72.3 Å². The number of nitrogens with one attached hydrogen (secondary N) is 1. The van der Waals surface area contributed by atoms with Crippen LogP contribution in [0, 0.1) is 17.3 Å². The van der Waals surface area contributed by atoms with Crippen molar-refractivity contribution in [1.29, 1.82) is 0 Å². The summed E-state index contributed by atoms with van der Waals surface area (Å²) in [5.74, 6) is -2.04. The fourth-order valence-corrected chi connectivity index (χ4v) is 13.3. The number of aromatic carboxylic acids is 1. The molecule has 92 heavy (non-hydrogen) atoms. The van der Waals surface area contributed by atoms with Gasteiger partial charge in [0.2, 0.25) is 0 Å². The van der Waals surface area contributed by atoms with Crippen LogP contribution in [0.2, 0.25) is 11.6 Å². The lowest BCUT2D eigenvalue weighted by atomic mass is 9.43. The number of ether oxygens (including phenoxy) is 3. The largest absolute Gasteiger partial charge is 0.535 e. The summed E-state index contributed by atoms with van der Waals surface area (Å²) in [6.07, 6.45) is 1.96. The number of rotatable bonds is 17. The van der Waals surface area contributed by atoms with Crippen LogP contribution in [0.1, 0.15) is 159 Å². The first kappa shape index (κ1) is 69.4. The van der Waals surface area contributed by atoms with Crippen molar-refractivity contribution in [2.75, 3.05) is 7.11 Å². The normalized spacial score (nSPS) is 21.2. The van der Waals surface area contributed by atoms with Gasteiger partial charge in [0, 0.05) is 61.8 Å². The van der Waals surface area contributed by atoms with E-state index in [1.165, 1.54) is 13.2 Å². The monoisotopic (exact) mass is 1320 g/mol. The number of esters is 1. The maximum absolute atomic E-state index is 14.9. The highest BCUT2D eigenvalue weighted by atomic mass is 35.6. The summed E-state index contributed by atoms with van der Waals surface area (Å²) in [7, 11) is -0.517. The summed E-state index contributed by atoms with van der Waals surface area (Å²) >= 11 is 14.4. The number of carboxylic acids is 1. The number of nitrogens with zero attached hydrogens (tertiary/aromatic N) is 3. The maximum atomic E-state index is 14.9. The lowest BCUT2D eigenvalue weighted by Crippen LogP contribution is -2.65. The van der Waals surface area contributed by atoms with Gasteiger partial charge in [-0.2, -0.15) is 34.4 Å². The van der Waals surface area contributed by atoms with Gasteiger partial charge >= 0.3 is 37.2 Å². The Labute approximate surface area is 552 Å². The molecule has 3 saturated carbocycles. The van der Waals surface area contributed by atoms with E-state index < -0.39 is 71.4 Å². The number of methoxy groups -OCH3 is 1. The zero-order chi connectivity index (χ0) is 66.6. The Morgan fingerprint density at radius 3 is 2.09 bits per heavy atom. The molecule has 19 nitrogen and oxygen atoms in total. The van der Waals surface area contributed by atoms with Gasteiger partial charge in [0.05, 0.1) is 24.4 Å². The molecule has 4 aliphatic heterocycles. The van der Waals surface area contributed by atoms with Crippen molar-refractivity contribution in [3.8, 4) is 11.5 Å². The standard InChI is InChI=1S/C47H59BN2O9.C20H19BN2O6.BCl3/c1-44(2,3)56-42(52)36-18-14-17-31(41(36)54-10)22-35(48-58-39-24-34-23-38(46(34,7)8)47(39,9)59-48)25-37(51)40(49-55-28-29-15-12-11-13-16-29)30-19-20-32-26-50(27-33(32)21-30)43(53)57-45(4,5)6;24-17(18(23-28)11-4-5-13-9-22-10-14(13)6-11)8-15-7-12-2-1-3-16(20(25)26)19(12)29-21(15)27;2-1(3)4/h11-21,34-35,38-39H,22-28H2,1-10H3;1-6,15,22,27-28H,7-10H2,(H,25,26);/b49-40-;23-18-;/t34-,35+,38-,39?,47-;15-;/m01./s1. The van der Waals surface area contributed by atoms with Crippen molar-refractivity contribution in [2.45, 2.75) is 168 Å². The van der Waals surface area contributed by atoms with Gasteiger partial charge in [0.25, 0.3) is 0 Å². The highest BCUT2D eigenvalue weighted by Gasteiger charge is 2.68. The zero-order valence-corrected chi connectivity index (χ0v) is 55.7. The molecule has 4 N–H and O–H groups in total. The number of para-hydroxylation sites is 2. The first-order valence-corrected chi connectivity index (χ1v) is 32.1. The summed E-state index contributed by atoms with van der Waals surface area (Å²) in [6.45, 7) is 20.2. The Morgan fingerprint density at radius 2 is 1.42 bits per heavy atom. The van der Waals surface area contributed by atoms with Crippen LogP contribution in [0.4, 0.5) is 4.79 Å². The number of oxime groups is 2. The van der Waals surface area contributed by atoms with Crippen LogP contribution in [0.5, 0.6) is 11.5 Å². The van der Waals surface area contributed by atoms with E-state index in [-0.39, 0.29) is 65.9 Å². The minimum absolute atomic E-state index is 0.000573. The van der Waals surface area contributed by atoms with E-state index in [9.17, 15) is 39.3 Å². The maximum Gasteiger partial charge on any atom is 0.526 e. The number of amides is 1. The SMILES string of the molecule is COc1c(C[C@H](CC(=O)/C(=N\OCc2ccccc2)c2ccc3c(c2)CN(C(=O)OC(C)(C)C)C3)B2OC3C[C@@H]4C[C@@H](C4(C)C)[C@]3(C)O2)cccc1C(=O)OC(C)(C)C.ClB(Cl)Cl.O=C(C[C@H]1Cc2cccc(C(=O)O)c2OB1O)/C(=N\O)c1ccc2c(c1)CNC2. The number of ketones is 2. The van der Waals surface area contributed by atoms with E-state index in [2.05, 4.69) is 36.4 Å². The van der Waals surface area contributed by atoms with Crippen LogP contribution in [-0.2, 0) is 78.8 Å². The number of halogens is 3. The molecule has 5 aromatic carbocycles. The van der Waals surface area contributed by atoms with Gasteiger partial charge in [-0.15, -0.1) is 0 Å². The van der Waals surface area contributed by atoms with Crippen LogP contribution in [-0.4, -0.2) is 110 Å². The Morgan fingerprint density at radius 1 is 0.783 bits per heavy atom. The van der Waals surface area contributed by atoms with E-state index in [0.29, 0.717) is 65.9 Å². The molecule has 5 aromatic rings. The summed E-state index contributed by atoms with van der Waals surface area (Å²) < 4.78 is 36.6. The molecule has 12 rings (SSSR count). The van der Waals surface area contributed by atoms with Crippen molar-refractivity contribution in [3.05, 3.63) is 164 Å². The van der Waals surface area contributed by atoms with Gasteiger partial charge in [0.1, 0.15) is 34.9 Å². The van der Waals surface area contributed by atoms with Crippen LogP contribution in [0.3, 0.4) is 0 Å². The Hall–Kier alpha value is -6.91. The molecular weight excluding hydrogens is 1240 g/mol. The highest BCUT2D eigenvalue weighted by molar-refractivity contribution is 7.54. The third-order valence-electron chi connectivity index (χ3n) is 17.9. The fourth-order valence-electron chi connectivity index (χ4n) is 13.3. The van der Waals surface area contributed by atoms with Gasteiger partial charge in [-0.05, 0) is 155 Å². The molecule has 6 atom stereocenters. The number of carbonyl (C=O) groups excluding carboxylic acids is 4. The van der Waals surface area contributed by atoms with E-state index in [0.717, 1.165) is 52.8 Å². The predicted octanol–water partition coefficient (Wildman–Crippen LogP) is 12.4. The van der Waals surface area contributed by atoms with Crippen LogP contribution in [0.25, 0.3) is 0 Å². The summed E-state index contributed by atoms with van der Waals surface area (Å²) in [5.41, 5.74) is 6.03. The molecule has 1 amide bonds. The molecule has 25 heteroatoms. The van der Waals surface area contributed by atoms with Crippen LogP contribution in [0.15, 0.2) is 113 Å². The van der Waals surface area contributed by atoms with Crippen LogP contribution < -0.4 is 14.7 Å². The third-order valence-corrected chi connectivity index (χ3v) is 17.9. The molecule has 4 fully saturated rings. The second-order valence-electron chi connectivity index (χ2n) is 26.9. The predicted molar refractivity (Wildman–Crippen MR) is 353 cm³/mol. The summed E-state index contributed by atoms with van der Waals surface area (Å²) in [6, 6.07) is 30.9. The second-order valence-corrected chi connectivity index (χ2v) is 28.9. The van der Waals surface area contributed by atoms with E-state index in [4.69, 9.17) is 67.4 Å². The second kappa shape index (κ2) is 28.8. The molecule has 0 spiro atoms. The lowest BCUT2D eigenvalue weighted by Gasteiger charge is -2.64. The number of hydrogen-bond acceptors (Lipinski definition) is 17. The van der Waals surface area contributed by atoms with Crippen LogP contribution >= 0.6 is 34.4 Å². The van der Waals surface area contributed by atoms with E-state index in [1.807, 2.05) is 108 Å². The Balaban J connectivity index is 0.000000251. The van der Waals surface area contributed by atoms with Gasteiger partial charge in [-0.1, -0.05) is 103 Å². The van der Waals surface area contributed by atoms with Crippen molar-refractivity contribution in [2.24, 2.45) is 27.6 Å². The fraction of sp³-hybridized carbons (Fsp3) is 0.448. The summed E-state index contributed by atoms with van der Waals surface area (Å²) in [4.78, 5) is 72.3. The number of fused-ring (bicyclic) bond motifs is 3. The zero-order valence-electron chi connectivity index (χ0n) is 53.4. The first-order chi connectivity index (χ1) is 43.5. The third kappa shape index (κ3) is 16.2. The molecule has 7 aliphatic rings. The quantitative estimate of drug-likeness (QED) is 0.0222. The Bertz CT molecular complexity index is 3640. The number of carbonyl (C=O) groups is 5. The van der Waals surface area contributed by atoms with Gasteiger partial charge < -0.3 is 53.7 Å². The van der Waals surface area contributed by atoms with Crippen molar-refractivity contribution in [3.63, 3.8) is 0 Å².